The summed E-state index contributed by atoms with van der Waals surface area (Å²) in [6.45, 7) is 0.217. The summed E-state index contributed by atoms with van der Waals surface area (Å²) in [4.78, 5) is 0. The summed E-state index contributed by atoms with van der Waals surface area (Å²) in [5.41, 5.74) is 1.39. The maximum absolute atomic E-state index is 13.9. The minimum Gasteiger partial charge on any atom is -0.388 e. The summed E-state index contributed by atoms with van der Waals surface area (Å²) >= 11 is 5.77. The number of aliphatic hydroxyl groups is 1. The number of rotatable bonds is 6. The van der Waals surface area contributed by atoms with Crippen molar-refractivity contribution in [3.63, 3.8) is 0 Å². The molecule has 1 aliphatic rings. The van der Waals surface area contributed by atoms with Gasteiger partial charge in [-0.1, -0.05) is 54.1 Å². The molecular formula is C18H17ClF2O2. The molecule has 2 aromatic rings. The van der Waals surface area contributed by atoms with Crippen molar-refractivity contribution in [2.45, 2.75) is 18.6 Å². The predicted molar refractivity (Wildman–Crippen MR) is 84.4 cm³/mol. The van der Waals surface area contributed by atoms with Gasteiger partial charge in [-0.15, -0.1) is 0 Å². The predicted octanol–water partition coefficient (Wildman–Crippen LogP) is 4.47. The third-order valence-corrected chi connectivity index (χ3v) is 4.48. The van der Waals surface area contributed by atoms with Crippen LogP contribution < -0.4 is 0 Å². The van der Waals surface area contributed by atoms with Gasteiger partial charge in [0.1, 0.15) is 0 Å². The summed E-state index contributed by atoms with van der Waals surface area (Å²) < 4.78 is 33.3. The molecule has 1 fully saturated rings. The molecule has 0 radical (unpaired) electrons. The molecule has 1 aliphatic carbocycles. The van der Waals surface area contributed by atoms with Gasteiger partial charge in [-0.05, 0) is 23.3 Å². The Morgan fingerprint density at radius 1 is 1.09 bits per heavy atom. The molecule has 122 valence electrons. The van der Waals surface area contributed by atoms with Crippen LogP contribution in [0.1, 0.15) is 17.2 Å². The van der Waals surface area contributed by atoms with E-state index in [2.05, 4.69) is 0 Å². The van der Waals surface area contributed by atoms with Gasteiger partial charge < -0.3 is 9.84 Å². The minimum absolute atomic E-state index is 0.0722. The van der Waals surface area contributed by atoms with Gasteiger partial charge in [0.25, 0.3) is 5.92 Å². The van der Waals surface area contributed by atoms with Crippen molar-refractivity contribution in [2.75, 3.05) is 6.61 Å². The lowest BCUT2D eigenvalue weighted by atomic mass is 10.0. The fraction of sp³-hybridized carbons (Fsp3) is 0.333. The van der Waals surface area contributed by atoms with Gasteiger partial charge in [0.2, 0.25) is 0 Å². The number of aliphatic hydroxyl groups excluding tert-OH is 1. The second-order valence-electron chi connectivity index (χ2n) is 5.80. The van der Waals surface area contributed by atoms with Gasteiger partial charge in [0.05, 0.1) is 31.2 Å². The normalized spacial score (nSPS) is 23.5. The molecule has 0 aromatic heterocycles. The third-order valence-electron chi connectivity index (χ3n) is 4.22. The molecule has 2 nitrogen and oxygen atoms in total. The maximum Gasteiger partial charge on any atom is 0.259 e. The van der Waals surface area contributed by atoms with Gasteiger partial charge >= 0.3 is 0 Å². The topological polar surface area (TPSA) is 29.5 Å². The molecule has 0 bridgehead atoms. The van der Waals surface area contributed by atoms with Gasteiger partial charge in [0.15, 0.2) is 0 Å². The Morgan fingerprint density at radius 2 is 1.74 bits per heavy atom. The highest BCUT2D eigenvalue weighted by Crippen LogP contribution is 2.60. The number of hydrogen-bond acceptors (Lipinski definition) is 2. The summed E-state index contributed by atoms with van der Waals surface area (Å²) in [7, 11) is 0. The molecule has 5 heteroatoms. The first-order chi connectivity index (χ1) is 11.0. The van der Waals surface area contributed by atoms with Crippen LogP contribution in [0.5, 0.6) is 0 Å². The van der Waals surface area contributed by atoms with Gasteiger partial charge in [-0.25, -0.2) is 8.78 Å². The second kappa shape index (κ2) is 6.56. The SMILES string of the molecule is OC(c1ccc(Cl)cc1)[C@H]1[C@H](COCc2ccccc2)C1(F)F. The van der Waals surface area contributed by atoms with E-state index < -0.39 is 23.9 Å². The fourth-order valence-corrected chi connectivity index (χ4v) is 2.93. The lowest BCUT2D eigenvalue weighted by Crippen LogP contribution is -2.06. The van der Waals surface area contributed by atoms with Crippen molar-refractivity contribution < 1.29 is 18.6 Å². The Labute approximate surface area is 138 Å². The van der Waals surface area contributed by atoms with E-state index in [-0.39, 0.29) is 13.2 Å². The average molecular weight is 339 g/mol. The molecule has 1 N–H and O–H groups in total. The molecule has 0 spiro atoms. The molecule has 1 unspecified atom stereocenters. The first-order valence-electron chi connectivity index (χ1n) is 7.43. The lowest BCUT2D eigenvalue weighted by Gasteiger charge is -2.10. The quantitative estimate of drug-likeness (QED) is 0.842. The number of hydrogen-bond donors (Lipinski definition) is 1. The Morgan fingerprint density at radius 3 is 2.39 bits per heavy atom. The van der Waals surface area contributed by atoms with Crippen LogP contribution in [-0.4, -0.2) is 17.6 Å². The average Bonchev–Trinajstić information content (AvgIpc) is 3.09. The Bertz CT molecular complexity index is 646. The zero-order valence-electron chi connectivity index (χ0n) is 12.3. The van der Waals surface area contributed by atoms with E-state index >= 15 is 0 Å². The number of alkyl halides is 2. The van der Waals surface area contributed by atoms with Crippen molar-refractivity contribution in [1.29, 1.82) is 0 Å². The van der Waals surface area contributed by atoms with E-state index in [1.54, 1.807) is 24.3 Å². The van der Waals surface area contributed by atoms with Crippen molar-refractivity contribution in [2.24, 2.45) is 11.8 Å². The minimum atomic E-state index is -2.91. The van der Waals surface area contributed by atoms with E-state index in [9.17, 15) is 13.9 Å². The van der Waals surface area contributed by atoms with Crippen LogP contribution in [0, 0.1) is 11.8 Å². The summed E-state index contributed by atoms with van der Waals surface area (Å²) in [5, 5.41) is 10.7. The molecule has 3 atom stereocenters. The highest BCUT2D eigenvalue weighted by molar-refractivity contribution is 6.30. The van der Waals surface area contributed by atoms with Crippen LogP contribution in [-0.2, 0) is 11.3 Å². The molecule has 1 saturated carbocycles. The molecule has 0 saturated heterocycles. The molecule has 23 heavy (non-hydrogen) atoms. The second-order valence-corrected chi connectivity index (χ2v) is 6.24. The monoisotopic (exact) mass is 338 g/mol. The molecule has 0 amide bonds. The lowest BCUT2D eigenvalue weighted by molar-refractivity contribution is 0.0336. The highest BCUT2D eigenvalue weighted by Gasteiger charge is 2.70. The summed E-state index contributed by atoms with van der Waals surface area (Å²) in [6, 6.07) is 15.7. The van der Waals surface area contributed by atoms with E-state index in [0.29, 0.717) is 10.6 Å². The van der Waals surface area contributed by atoms with Gasteiger partial charge in [-0.2, -0.15) is 0 Å². The van der Waals surface area contributed by atoms with Crippen LogP contribution in [0.2, 0.25) is 5.02 Å². The first kappa shape index (κ1) is 16.4. The standard InChI is InChI=1S/C18H17ClF2O2/c19-14-8-6-13(7-9-14)17(22)16-15(18(16,20)21)11-23-10-12-4-2-1-3-5-12/h1-9,15-17,22H,10-11H2/t15-,16+,17?/m0/s1. The van der Waals surface area contributed by atoms with Crippen molar-refractivity contribution in [3.8, 4) is 0 Å². The first-order valence-corrected chi connectivity index (χ1v) is 7.81. The number of benzene rings is 2. The molecule has 2 aromatic carbocycles. The molecule has 0 aliphatic heterocycles. The summed E-state index contributed by atoms with van der Waals surface area (Å²) in [5.74, 6) is -4.98. The molecule has 0 heterocycles. The molecule has 3 rings (SSSR count). The maximum atomic E-state index is 13.9. The Kier molecular flexibility index (Phi) is 4.67. The van der Waals surface area contributed by atoms with Crippen LogP contribution in [0.4, 0.5) is 8.78 Å². The number of halogens is 3. The van der Waals surface area contributed by atoms with Crippen LogP contribution in [0.15, 0.2) is 54.6 Å². The van der Waals surface area contributed by atoms with Crippen molar-refractivity contribution in [1.82, 2.24) is 0 Å². The Hall–Kier alpha value is -1.49. The zero-order chi connectivity index (χ0) is 16.4. The molecular weight excluding hydrogens is 322 g/mol. The highest BCUT2D eigenvalue weighted by atomic mass is 35.5. The Balaban J connectivity index is 1.57. The summed E-state index contributed by atoms with van der Waals surface area (Å²) in [6.07, 6.45) is -1.22. The van der Waals surface area contributed by atoms with Crippen LogP contribution in [0.25, 0.3) is 0 Å². The van der Waals surface area contributed by atoms with Gasteiger partial charge in [0, 0.05) is 5.02 Å². The van der Waals surface area contributed by atoms with Gasteiger partial charge in [-0.3, -0.25) is 0 Å². The van der Waals surface area contributed by atoms with E-state index in [1.807, 2.05) is 30.3 Å². The van der Waals surface area contributed by atoms with E-state index in [4.69, 9.17) is 16.3 Å². The van der Waals surface area contributed by atoms with Crippen molar-refractivity contribution in [3.05, 3.63) is 70.7 Å². The van der Waals surface area contributed by atoms with Crippen molar-refractivity contribution >= 4 is 11.6 Å². The largest absolute Gasteiger partial charge is 0.388 e. The zero-order valence-corrected chi connectivity index (χ0v) is 13.1. The fourth-order valence-electron chi connectivity index (χ4n) is 2.81. The smallest absolute Gasteiger partial charge is 0.259 e. The van der Waals surface area contributed by atoms with E-state index in [1.165, 1.54) is 0 Å². The van der Waals surface area contributed by atoms with E-state index in [0.717, 1.165) is 5.56 Å². The van der Waals surface area contributed by atoms with Crippen LogP contribution in [0.3, 0.4) is 0 Å². The van der Waals surface area contributed by atoms with Crippen LogP contribution >= 0.6 is 11.6 Å². The third kappa shape index (κ3) is 3.55. The number of ether oxygens (including phenoxy) is 1.